The number of hydrogen-bond donors (Lipinski definition) is 0. The van der Waals surface area contributed by atoms with E-state index in [2.05, 4.69) is 53.4 Å². The Morgan fingerprint density at radius 1 is 0.842 bits per heavy atom. The van der Waals surface area contributed by atoms with Crippen LogP contribution in [0.5, 0.6) is 0 Å². The Balaban J connectivity index is 1.83. The number of hydrogen-bond acceptors (Lipinski definition) is 1. The molecule has 1 heterocycles. The lowest BCUT2D eigenvalue weighted by molar-refractivity contribution is -0.0440. The molecule has 0 bridgehead atoms. The second-order valence-corrected chi connectivity index (χ2v) is 9.48. The Bertz CT molecular complexity index is 304. The van der Waals surface area contributed by atoms with Crippen molar-refractivity contribution in [2.45, 2.75) is 79.7 Å². The molecule has 2 rings (SSSR count). The van der Waals surface area contributed by atoms with E-state index in [1.807, 2.05) is 0 Å². The lowest BCUT2D eigenvalue weighted by atomic mass is 9.57. The third kappa shape index (κ3) is 3.01. The summed E-state index contributed by atoms with van der Waals surface area (Å²) in [5.41, 5.74) is 1.41. The summed E-state index contributed by atoms with van der Waals surface area (Å²) in [6, 6.07) is 0. The SMILES string of the molecule is CC(C)(C)N1CC(C2CCC(C)(C(C)(C)C)CC2)C1. The van der Waals surface area contributed by atoms with E-state index in [0.717, 1.165) is 11.8 Å². The third-order valence-corrected chi connectivity index (χ3v) is 6.47. The lowest BCUT2D eigenvalue weighted by Gasteiger charge is -2.54. The van der Waals surface area contributed by atoms with Gasteiger partial charge in [0.2, 0.25) is 0 Å². The highest BCUT2D eigenvalue weighted by Crippen LogP contribution is 2.52. The van der Waals surface area contributed by atoms with Crippen LogP contribution >= 0.6 is 0 Å². The van der Waals surface area contributed by atoms with E-state index in [4.69, 9.17) is 0 Å². The van der Waals surface area contributed by atoms with Crippen molar-refractivity contribution >= 4 is 0 Å². The zero-order valence-corrected chi connectivity index (χ0v) is 14.3. The first kappa shape index (κ1) is 15.4. The fraction of sp³-hybridized carbons (Fsp3) is 1.00. The maximum atomic E-state index is 2.65. The van der Waals surface area contributed by atoms with Crippen LogP contribution in [0.2, 0.25) is 0 Å². The van der Waals surface area contributed by atoms with Gasteiger partial charge in [0.1, 0.15) is 0 Å². The highest BCUT2D eigenvalue weighted by atomic mass is 15.2. The van der Waals surface area contributed by atoms with E-state index in [1.165, 1.54) is 38.8 Å². The van der Waals surface area contributed by atoms with Crippen LogP contribution in [-0.4, -0.2) is 23.5 Å². The minimum absolute atomic E-state index is 0.380. The van der Waals surface area contributed by atoms with Crippen molar-refractivity contribution in [2.24, 2.45) is 22.7 Å². The van der Waals surface area contributed by atoms with E-state index in [0.29, 0.717) is 16.4 Å². The normalized spacial score (nSPS) is 35.2. The fourth-order valence-corrected chi connectivity index (χ4v) is 3.86. The predicted octanol–water partition coefficient (Wildman–Crippen LogP) is 4.96. The maximum absolute atomic E-state index is 2.65. The second-order valence-electron chi connectivity index (χ2n) is 9.48. The quantitative estimate of drug-likeness (QED) is 0.648. The van der Waals surface area contributed by atoms with Crippen LogP contribution in [-0.2, 0) is 0 Å². The number of rotatable bonds is 1. The first-order valence-corrected chi connectivity index (χ1v) is 8.28. The second kappa shape index (κ2) is 4.76. The largest absolute Gasteiger partial charge is 0.298 e. The van der Waals surface area contributed by atoms with Gasteiger partial charge in [0, 0.05) is 18.6 Å². The minimum atomic E-state index is 0.380. The molecule has 0 atom stereocenters. The molecule has 0 spiro atoms. The molecule has 0 radical (unpaired) electrons. The van der Waals surface area contributed by atoms with Gasteiger partial charge < -0.3 is 0 Å². The van der Waals surface area contributed by atoms with Gasteiger partial charge in [-0.25, -0.2) is 0 Å². The van der Waals surface area contributed by atoms with Crippen LogP contribution in [0.4, 0.5) is 0 Å². The van der Waals surface area contributed by atoms with Gasteiger partial charge in [0.15, 0.2) is 0 Å². The summed E-state index contributed by atoms with van der Waals surface area (Å²) in [6.45, 7) is 19.5. The molecule has 19 heavy (non-hydrogen) atoms. The summed E-state index contributed by atoms with van der Waals surface area (Å²) in [6.07, 6.45) is 5.81. The molecule has 0 aromatic heterocycles. The first-order valence-electron chi connectivity index (χ1n) is 8.28. The molecule has 1 heteroatoms. The van der Waals surface area contributed by atoms with Gasteiger partial charge in [-0.3, -0.25) is 4.90 Å². The van der Waals surface area contributed by atoms with Crippen LogP contribution < -0.4 is 0 Å². The Morgan fingerprint density at radius 2 is 1.32 bits per heavy atom. The van der Waals surface area contributed by atoms with Crippen LogP contribution in [0.1, 0.15) is 74.1 Å². The van der Waals surface area contributed by atoms with Crippen molar-refractivity contribution in [1.29, 1.82) is 0 Å². The van der Waals surface area contributed by atoms with Gasteiger partial charge in [-0.1, -0.05) is 27.7 Å². The smallest absolute Gasteiger partial charge is 0.0125 e. The summed E-state index contributed by atoms with van der Waals surface area (Å²) in [5.74, 6) is 2.00. The zero-order valence-electron chi connectivity index (χ0n) is 14.3. The molecule has 1 aliphatic heterocycles. The van der Waals surface area contributed by atoms with Crippen molar-refractivity contribution in [1.82, 2.24) is 4.90 Å². The molecule has 1 aliphatic carbocycles. The molecule has 1 saturated carbocycles. The van der Waals surface area contributed by atoms with Crippen LogP contribution in [0, 0.1) is 22.7 Å². The van der Waals surface area contributed by atoms with Gasteiger partial charge in [-0.2, -0.15) is 0 Å². The van der Waals surface area contributed by atoms with E-state index in [1.54, 1.807) is 0 Å². The molecule has 2 fully saturated rings. The average Bonchev–Trinajstić information content (AvgIpc) is 2.15. The summed E-state index contributed by atoms with van der Waals surface area (Å²) in [4.78, 5) is 2.65. The first-order chi connectivity index (χ1) is 8.53. The zero-order chi connectivity index (χ0) is 14.5. The van der Waals surface area contributed by atoms with Gasteiger partial charge in [-0.15, -0.1) is 0 Å². The van der Waals surface area contributed by atoms with Crippen molar-refractivity contribution in [3.63, 3.8) is 0 Å². The molecule has 0 aromatic carbocycles. The number of nitrogens with zero attached hydrogens (tertiary/aromatic N) is 1. The molecule has 0 N–H and O–H groups in total. The number of likely N-dealkylation sites (tertiary alicyclic amines) is 1. The van der Waals surface area contributed by atoms with Crippen molar-refractivity contribution in [2.75, 3.05) is 13.1 Å². The van der Waals surface area contributed by atoms with E-state index in [9.17, 15) is 0 Å². The molecular formula is C18H35N. The van der Waals surface area contributed by atoms with E-state index < -0.39 is 0 Å². The third-order valence-electron chi connectivity index (χ3n) is 6.47. The molecular weight excluding hydrogens is 230 g/mol. The summed E-state index contributed by atoms with van der Waals surface area (Å²) in [5, 5.41) is 0. The van der Waals surface area contributed by atoms with Crippen molar-refractivity contribution < 1.29 is 0 Å². The van der Waals surface area contributed by atoms with Crippen LogP contribution in [0.25, 0.3) is 0 Å². The Morgan fingerprint density at radius 3 is 1.68 bits per heavy atom. The molecule has 2 aliphatic rings. The van der Waals surface area contributed by atoms with Gasteiger partial charge in [-0.05, 0) is 69.1 Å². The Labute approximate surface area is 121 Å². The molecule has 112 valence electrons. The van der Waals surface area contributed by atoms with E-state index in [-0.39, 0.29) is 0 Å². The summed E-state index contributed by atoms with van der Waals surface area (Å²) >= 11 is 0. The minimum Gasteiger partial charge on any atom is -0.298 e. The van der Waals surface area contributed by atoms with Crippen LogP contribution in [0.15, 0.2) is 0 Å². The monoisotopic (exact) mass is 265 g/mol. The molecule has 1 nitrogen and oxygen atoms in total. The van der Waals surface area contributed by atoms with Crippen molar-refractivity contribution in [3.8, 4) is 0 Å². The topological polar surface area (TPSA) is 3.24 Å². The molecule has 1 saturated heterocycles. The van der Waals surface area contributed by atoms with Gasteiger partial charge in [0.25, 0.3) is 0 Å². The average molecular weight is 265 g/mol. The molecule has 0 unspecified atom stereocenters. The highest BCUT2D eigenvalue weighted by Gasteiger charge is 2.44. The van der Waals surface area contributed by atoms with Crippen LogP contribution in [0.3, 0.4) is 0 Å². The fourth-order valence-electron chi connectivity index (χ4n) is 3.86. The van der Waals surface area contributed by atoms with E-state index >= 15 is 0 Å². The summed E-state index contributed by atoms with van der Waals surface area (Å²) in [7, 11) is 0. The molecule has 0 aromatic rings. The Kier molecular flexibility index (Phi) is 3.84. The van der Waals surface area contributed by atoms with Gasteiger partial charge in [0.05, 0.1) is 0 Å². The predicted molar refractivity (Wildman–Crippen MR) is 84.3 cm³/mol. The van der Waals surface area contributed by atoms with Crippen molar-refractivity contribution in [3.05, 3.63) is 0 Å². The summed E-state index contributed by atoms with van der Waals surface area (Å²) < 4.78 is 0. The Hall–Kier alpha value is -0.0400. The molecule has 0 amide bonds. The lowest BCUT2D eigenvalue weighted by Crippen LogP contribution is -2.58. The van der Waals surface area contributed by atoms with Gasteiger partial charge >= 0.3 is 0 Å². The standard InChI is InChI=1S/C18H35N/c1-16(2,3)18(7)10-8-14(9-11-18)15-12-19(13-15)17(4,5)6/h14-15H,8-13H2,1-7H3. The maximum Gasteiger partial charge on any atom is 0.0125 e. The highest BCUT2D eigenvalue weighted by molar-refractivity contribution is 4.96.